The third-order valence-corrected chi connectivity index (χ3v) is 6.08. The molecular weight excluding hydrogens is 262 g/mol. The van der Waals surface area contributed by atoms with E-state index in [0.29, 0.717) is 5.41 Å². The Morgan fingerprint density at radius 2 is 1.81 bits per heavy atom. The Balaban J connectivity index is 1.81. The number of halogens is 1. The fourth-order valence-corrected chi connectivity index (χ4v) is 4.09. The lowest BCUT2D eigenvalue weighted by molar-refractivity contribution is 0.0655. The van der Waals surface area contributed by atoms with Crippen LogP contribution >= 0.6 is 15.9 Å². The summed E-state index contributed by atoms with van der Waals surface area (Å²) < 4.78 is 0. The summed E-state index contributed by atoms with van der Waals surface area (Å²) in [6.07, 6.45) is 10.1. The summed E-state index contributed by atoms with van der Waals surface area (Å²) in [6, 6.07) is 0.868. The van der Waals surface area contributed by atoms with E-state index >= 15 is 0 Å². The minimum absolute atomic E-state index is 0.623. The van der Waals surface area contributed by atoms with Crippen LogP contribution in [0, 0.1) is 11.3 Å². The van der Waals surface area contributed by atoms with Crippen LogP contribution in [-0.4, -0.2) is 29.9 Å². The highest BCUT2D eigenvalue weighted by atomic mass is 79.9. The zero-order valence-electron chi connectivity index (χ0n) is 10.8. The molecule has 0 radical (unpaired) electrons. The van der Waals surface area contributed by atoms with Gasteiger partial charge in [-0.1, -0.05) is 29.3 Å². The molecule has 2 aliphatic rings. The van der Waals surface area contributed by atoms with Crippen molar-refractivity contribution in [1.29, 1.82) is 0 Å². The van der Waals surface area contributed by atoms with Crippen molar-refractivity contribution in [3.8, 4) is 0 Å². The van der Waals surface area contributed by atoms with Crippen molar-refractivity contribution < 1.29 is 0 Å². The Kier molecular flexibility index (Phi) is 4.34. The summed E-state index contributed by atoms with van der Waals surface area (Å²) in [5.74, 6) is 0.971. The van der Waals surface area contributed by atoms with Gasteiger partial charge in [0.2, 0.25) is 0 Å². The van der Waals surface area contributed by atoms with E-state index in [2.05, 4.69) is 34.8 Å². The molecule has 0 atom stereocenters. The lowest BCUT2D eigenvalue weighted by Crippen LogP contribution is -2.46. The first-order valence-electron chi connectivity index (χ1n) is 6.91. The molecule has 2 heteroatoms. The molecular formula is C14H26BrN. The van der Waals surface area contributed by atoms with Gasteiger partial charge in [0.05, 0.1) is 0 Å². The molecule has 0 unspecified atom stereocenters. The Bertz CT molecular complexity index is 211. The molecule has 2 fully saturated rings. The van der Waals surface area contributed by atoms with E-state index in [1.165, 1.54) is 56.8 Å². The first kappa shape index (κ1) is 12.9. The van der Waals surface area contributed by atoms with Gasteiger partial charge in [-0.3, -0.25) is 0 Å². The third-order valence-electron chi connectivity index (χ3n) is 4.89. The van der Waals surface area contributed by atoms with Gasteiger partial charge >= 0.3 is 0 Å². The van der Waals surface area contributed by atoms with Crippen LogP contribution < -0.4 is 0 Å². The van der Waals surface area contributed by atoms with Crippen LogP contribution in [0.4, 0.5) is 0 Å². The van der Waals surface area contributed by atoms with Crippen LogP contribution in [0.1, 0.15) is 51.9 Å². The molecule has 16 heavy (non-hydrogen) atoms. The van der Waals surface area contributed by atoms with Gasteiger partial charge in [0.15, 0.2) is 0 Å². The zero-order valence-corrected chi connectivity index (χ0v) is 12.4. The molecule has 94 valence electrons. The Labute approximate surface area is 109 Å². The SMILES string of the molecule is CC1CCC(N(C)CC2(CBr)CCC2)CC1. The minimum atomic E-state index is 0.623. The molecule has 0 amide bonds. The smallest absolute Gasteiger partial charge is 0.0100 e. The summed E-state index contributed by atoms with van der Waals surface area (Å²) in [4.78, 5) is 2.66. The molecule has 0 aromatic heterocycles. The largest absolute Gasteiger partial charge is 0.303 e. The number of alkyl halides is 1. The molecule has 1 nitrogen and oxygen atoms in total. The maximum atomic E-state index is 3.72. The van der Waals surface area contributed by atoms with Gasteiger partial charge < -0.3 is 4.90 Å². The Morgan fingerprint density at radius 3 is 2.25 bits per heavy atom. The first-order valence-corrected chi connectivity index (χ1v) is 8.03. The minimum Gasteiger partial charge on any atom is -0.303 e. The molecule has 0 aromatic carbocycles. The van der Waals surface area contributed by atoms with Crippen molar-refractivity contribution >= 4 is 15.9 Å². The molecule has 0 aromatic rings. The van der Waals surface area contributed by atoms with Crippen molar-refractivity contribution in [1.82, 2.24) is 4.90 Å². The van der Waals surface area contributed by atoms with Crippen molar-refractivity contribution in [2.24, 2.45) is 11.3 Å². The van der Waals surface area contributed by atoms with E-state index in [9.17, 15) is 0 Å². The van der Waals surface area contributed by atoms with Crippen LogP contribution in [0.3, 0.4) is 0 Å². The molecule has 0 aliphatic heterocycles. The zero-order chi connectivity index (χ0) is 11.6. The Hall–Kier alpha value is 0.440. The number of rotatable bonds is 4. The van der Waals surface area contributed by atoms with Crippen LogP contribution in [-0.2, 0) is 0 Å². The second kappa shape index (κ2) is 5.39. The van der Waals surface area contributed by atoms with Gasteiger partial charge in [0.25, 0.3) is 0 Å². The van der Waals surface area contributed by atoms with Crippen molar-refractivity contribution in [2.75, 3.05) is 18.9 Å². The maximum absolute atomic E-state index is 3.72. The average molecular weight is 288 g/mol. The highest BCUT2D eigenvalue weighted by molar-refractivity contribution is 9.09. The van der Waals surface area contributed by atoms with Crippen LogP contribution in [0.25, 0.3) is 0 Å². The van der Waals surface area contributed by atoms with Crippen LogP contribution in [0.2, 0.25) is 0 Å². The average Bonchev–Trinajstić information content (AvgIpc) is 2.24. The molecule has 0 bridgehead atoms. The lowest BCUT2D eigenvalue weighted by atomic mass is 9.70. The molecule has 2 saturated carbocycles. The van der Waals surface area contributed by atoms with E-state index in [4.69, 9.17) is 0 Å². The summed E-state index contributed by atoms with van der Waals surface area (Å²) >= 11 is 3.72. The topological polar surface area (TPSA) is 3.24 Å². The summed E-state index contributed by atoms with van der Waals surface area (Å²) in [6.45, 7) is 3.72. The second-order valence-corrected chi connectivity index (χ2v) is 6.88. The maximum Gasteiger partial charge on any atom is 0.0100 e. The van der Waals surface area contributed by atoms with Gasteiger partial charge in [-0.05, 0) is 56.9 Å². The number of hydrogen-bond donors (Lipinski definition) is 0. The monoisotopic (exact) mass is 287 g/mol. The molecule has 0 saturated heterocycles. The van der Waals surface area contributed by atoms with Crippen LogP contribution in [0.15, 0.2) is 0 Å². The summed E-state index contributed by atoms with van der Waals surface area (Å²) in [5.41, 5.74) is 0.623. The van der Waals surface area contributed by atoms with E-state index in [0.717, 1.165) is 12.0 Å². The van der Waals surface area contributed by atoms with Crippen molar-refractivity contribution in [2.45, 2.75) is 57.9 Å². The number of nitrogens with zero attached hydrogens (tertiary/aromatic N) is 1. The third kappa shape index (κ3) is 2.81. The lowest BCUT2D eigenvalue weighted by Gasteiger charge is -2.46. The molecule has 0 spiro atoms. The van der Waals surface area contributed by atoms with Gasteiger partial charge in [-0.2, -0.15) is 0 Å². The highest BCUT2D eigenvalue weighted by Gasteiger charge is 2.38. The van der Waals surface area contributed by atoms with Gasteiger partial charge in [-0.25, -0.2) is 0 Å². The quantitative estimate of drug-likeness (QED) is 0.705. The van der Waals surface area contributed by atoms with Crippen molar-refractivity contribution in [3.05, 3.63) is 0 Å². The Morgan fingerprint density at radius 1 is 1.19 bits per heavy atom. The molecule has 2 rings (SSSR count). The number of hydrogen-bond acceptors (Lipinski definition) is 1. The second-order valence-electron chi connectivity index (χ2n) is 6.32. The van der Waals surface area contributed by atoms with E-state index in [-0.39, 0.29) is 0 Å². The fraction of sp³-hybridized carbons (Fsp3) is 1.00. The van der Waals surface area contributed by atoms with E-state index in [1.54, 1.807) is 0 Å². The van der Waals surface area contributed by atoms with Crippen molar-refractivity contribution in [3.63, 3.8) is 0 Å². The molecule has 0 heterocycles. The van der Waals surface area contributed by atoms with Gasteiger partial charge in [-0.15, -0.1) is 0 Å². The molecule has 2 aliphatic carbocycles. The standard InChI is InChI=1S/C14H26BrN/c1-12-4-6-13(7-5-12)16(2)11-14(10-15)8-3-9-14/h12-13H,3-11H2,1-2H3. The highest BCUT2D eigenvalue weighted by Crippen LogP contribution is 2.43. The predicted octanol–water partition coefficient (Wildman–Crippen LogP) is 4.06. The van der Waals surface area contributed by atoms with E-state index < -0.39 is 0 Å². The first-order chi connectivity index (χ1) is 7.65. The predicted molar refractivity (Wildman–Crippen MR) is 74.1 cm³/mol. The summed E-state index contributed by atoms with van der Waals surface area (Å²) in [7, 11) is 2.35. The fourth-order valence-electron chi connectivity index (χ4n) is 3.35. The van der Waals surface area contributed by atoms with Crippen LogP contribution in [0.5, 0.6) is 0 Å². The van der Waals surface area contributed by atoms with Gasteiger partial charge in [0, 0.05) is 17.9 Å². The van der Waals surface area contributed by atoms with Gasteiger partial charge in [0.1, 0.15) is 0 Å². The van der Waals surface area contributed by atoms with E-state index in [1.807, 2.05) is 0 Å². The normalized spacial score (nSPS) is 33.8. The summed E-state index contributed by atoms with van der Waals surface area (Å²) in [5, 5.41) is 1.20. The molecule has 0 N–H and O–H groups in total.